The summed E-state index contributed by atoms with van der Waals surface area (Å²) in [5.41, 5.74) is 6.71. The number of likely N-dealkylation sites (N-methyl/N-ethyl adjacent to an activating group) is 1. The maximum absolute atomic E-state index is 13.1. The molecule has 1 saturated heterocycles. The van der Waals surface area contributed by atoms with Crippen LogP contribution in [-0.4, -0.2) is 67.6 Å². The number of rotatable bonds is 6. The summed E-state index contributed by atoms with van der Waals surface area (Å²) in [6, 6.07) is 8.62. The van der Waals surface area contributed by atoms with Gasteiger partial charge in [-0.3, -0.25) is 9.69 Å². The molecule has 1 saturated carbocycles. The summed E-state index contributed by atoms with van der Waals surface area (Å²) in [7, 11) is -1.42. The molecule has 4 atom stereocenters. The Morgan fingerprint density at radius 3 is 2.46 bits per heavy atom. The van der Waals surface area contributed by atoms with Crippen molar-refractivity contribution in [3.05, 3.63) is 30.3 Å². The molecule has 1 amide bonds. The molecule has 1 aromatic carbocycles. The standard InChI is InChI=1S/C21H33N3O3S/c1-15(2)23(3)19-12-11-18(24-13-7-10-20(24)25)17(21(19)22)14-28(26,27)16-8-5-4-6-9-16/h4-6,8-9,15,17-19,21H,7,10-14,22H2,1-3H3/t17-,18+,19-,21+/m1/s1. The minimum Gasteiger partial charge on any atom is -0.339 e. The van der Waals surface area contributed by atoms with Gasteiger partial charge in [0.05, 0.1) is 10.6 Å². The average Bonchev–Trinajstić information content (AvgIpc) is 3.09. The predicted octanol–water partition coefficient (Wildman–Crippen LogP) is 1.90. The van der Waals surface area contributed by atoms with Crippen molar-refractivity contribution in [3.63, 3.8) is 0 Å². The Morgan fingerprint density at radius 1 is 1.21 bits per heavy atom. The van der Waals surface area contributed by atoms with Crippen molar-refractivity contribution in [2.75, 3.05) is 19.3 Å². The van der Waals surface area contributed by atoms with Crippen LogP contribution in [0.2, 0.25) is 0 Å². The van der Waals surface area contributed by atoms with Gasteiger partial charge in [0.15, 0.2) is 9.84 Å². The Morgan fingerprint density at radius 2 is 1.89 bits per heavy atom. The maximum Gasteiger partial charge on any atom is 0.222 e. The molecule has 1 aromatic rings. The van der Waals surface area contributed by atoms with Gasteiger partial charge in [0.1, 0.15) is 0 Å². The zero-order valence-corrected chi connectivity index (χ0v) is 17.9. The predicted molar refractivity (Wildman–Crippen MR) is 111 cm³/mol. The molecule has 28 heavy (non-hydrogen) atoms. The summed E-state index contributed by atoms with van der Waals surface area (Å²) >= 11 is 0. The monoisotopic (exact) mass is 407 g/mol. The average molecular weight is 408 g/mol. The minimum atomic E-state index is -3.48. The van der Waals surface area contributed by atoms with Crippen LogP contribution in [-0.2, 0) is 14.6 Å². The number of amides is 1. The van der Waals surface area contributed by atoms with Gasteiger partial charge in [0.2, 0.25) is 5.91 Å². The highest BCUT2D eigenvalue weighted by molar-refractivity contribution is 7.91. The van der Waals surface area contributed by atoms with Crippen LogP contribution >= 0.6 is 0 Å². The van der Waals surface area contributed by atoms with Crippen LogP contribution in [0.25, 0.3) is 0 Å². The number of sulfone groups is 1. The van der Waals surface area contributed by atoms with E-state index >= 15 is 0 Å². The lowest BCUT2D eigenvalue weighted by Crippen LogP contribution is -2.62. The molecule has 3 rings (SSSR count). The number of hydrogen-bond donors (Lipinski definition) is 1. The number of benzene rings is 1. The van der Waals surface area contributed by atoms with Gasteiger partial charge < -0.3 is 10.6 Å². The van der Waals surface area contributed by atoms with Crippen LogP contribution in [0.3, 0.4) is 0 Å². The molecule has 6 nitrogen and oxygen atoms in total. The van der Waals surface area contributed by atoms with Gasteiger partial charge in [-0.25, -0.2) is 8.42 Å². The lowest BCUT2D eigenvalue weighted by molar-refractivity contribution is -0.131. The van der Waals surface area contributed by atoms with Crippen LogP contribution < -0.4 is 5.73 Å². The summed E-state index contributed by atoms with van der Waals surface area (Å²) < 4.78 is 26.3. The van der Waals surface area contributed by atoms with Crippen molar-refractivity contribution in [2.45, 2.75) is 68.6 Å². The van der Waals surface area contributed by atoms with E-state index in [1.54, 1.807) is 24.3 Å². The van der Waals surface area contributed by atoms with Crippen LogP contribution in [0.15, 0.2) is 35.2 Å². The van der Waals surface area contributed by atoms with E-state index < -0.39 is 9.84 Å². The number of carbonyl (C=O) groups is 1. The Bertz CT molecular complexity index is 781. The van der Waals surface area contributed by atoms with E-state index in [0.29, 0.717) is 23.9 Å². The Balaban J connectivity index is 1.90. The molecule has 156 valence electrons. The fraction of sp³-hybridized carbons (Fsp3) is 0.667. The van der Waals surface area contributed by atoms with E-state index in [1.807, 2.05) is 11.0 Å². The molecule has 0 bridgehead atoms. The molecule has 1 heterocycles. The van der Waals surface area contributed by atoms with E-state index in [-0.39, 0.29) is 35.7 Å². The highest BCUT2D eigenvalue weighted by Crippen LogP contribution is 2.35. The first-order valence-electron chi connectivity index (χ1n) is 10.3. The zero-order chi connectivity index (χ0) is 20.5. The lowest BCUT2D eigenvalue weighted by Gasteiger charge is -2.48. The summed E-state index contributed by atoms with van der Waals surface area (Å²) in [4.78, 5) is 16.9. The number of carbonyl (C=O) groups excluding carboxylic acids is 1. The number of nitrogens with zero attached hydrogens (tertiary/aromatic N) is 2. The van der Waals surface area contributed by atoms with Crippen LogP contribution in [0, 0.1) is 5.92 Å². The lowest BCUT2D eigenvalue weighted by atomic mass is 9.77. The van der Waals surface area contributed by atoms with Crippen molar-refractivity contribution in [1.82, 2.24) is 9.80 Å². The molecule has 0 radical (unpaired) electrons. The zero-order valence-electron chi connectivity index (χ0n) is 17.1. The van der Waals surface area contributed by atoms with Gasteiger partial charge in [-0.15, -0.1) is 0 Å². The Hall–Kier alpha value is -1.44. The molecule has 0 unspecified atom stereocenters. The number of hydrogen-bond acceptors (Lipinski definition) is 5. The van der Waals surface area contributed by atoms with Gasteiger partial charge in [-0.1, -0.05) is 18.2 Å². The SMILES string of the molecule is CC(C)N(C)[C@@H]1CC[C@H](N2CCCC2=O)[C@@H](CS(=O)(=O)c2ccccc2)[C@@H]1N. The molecule has 0 spiro atoms. The first-order valence-corrected chi connectivity index (χ1v) is 11.9. The number of nitrogens with two attached hydrogens (primary N) is 1. The molecule has 1 aliphatic carbocycles. The van der Waals surface area contributed by atoms with Gasteiger partial charge in [-0.05, 0) is 52.3 Å². The van der Waals surface area contributed by atoms with Gasteiger partial charge in [0, 0.05) is 43.1 Å². The Labute approximate surface area is 169 Å². The van der Waals surface area contributed by atoms with Crippen LogP contribution in [0.5, 0.6) is 0 Å². The van der Waals surface area contributed by atoms with Crippen molar-refractivity contribution < 1.29 is 13.2 Å². The van der Waals surface area contributed by atoms with Crippen LogP contribution in [0.4, 0.5) is 0 Å². The second-order valence-corrected chi connectivity index (χ2v) is 10.5. The topological polar surface area (TPSA) is 83.7 Å². The number of likely N-dealkylation sites (tertiary alicyclic amines) is 1. The fourth-order valence-corrected chi connectivity index (χ4v) is 6.47. The molecule has 2 N–H and O–H groups in total. The minimum absolute atomic E-state index is 0.0188. The van der Waals surface area contributed by atoms with Gasteiger partial charge >= 0.3 is 0 Å². The normalized spacial score (nSPS) is 29.1. The van der Waals surface area contributed by atoms with Crippen molar-refractivity contribution in [2.24, 2.45) is 11.7 Å². The molecule has 2 aliphatic rings. The quantitative estimate of drug-likeness (QED) is 0.779. The third-order valence-electron chi connectivity index (χ3n) is 6.55. The van der Waals surface area contributed by atoms with E-state index in [1.165, 1.54) is 0 Å². The van der Waals surface area contributed by atoms with Crippen molar-refractivity contribution in [3.8, 4) is 0 Å². The molecular formula is C21H33N3O3S. The molecule has 1 aliphatic heterocycles. The molecule has 0 aromatic heterocycles. The molecule has 7 heteroatoms. The third-order valence-corrected chi connectivity index (χ3v) is 8.37. The highest BCUT2D eigenvalue weighted by atomic mass is 32.2. The van der Waals surface area contributed by atoms with Crippen molar-refractivity contribution >= 4 is 15.7 Å². The van der Waals surface area contributed by atoms with Gasteiger partial charge in [-0.2, -0.15) is 0 Å². The van der Waals surface area contributed by atoms with E-state index in [4.69, 9.17) is 5.73 Å². The fourth-order valence-electron chi connectivity index (χ4n) is 4.75. The highest BCUT2D eigenvalue weighted by Gasteiger charge is 2.45. The second-order valence-electron chi connectivity index (χ2n) is 8.50. The smallest absolute Gasteiger partial charge is 0.222 e. The first kappa shape index (κ1) is 21.3. The summed E-state index contributed by atoms with van der Waals surface area (Å²) in [5, 5.41) is 0. The third kappa shape index (κ3) is 4.26. The summed E-state index contributed by atoms with van der Waals surface area (Å²) in [6.45, 7) is 4.96. The largest absolute Gasteiger partial charge is 0.339 e. The molecule has 2 fully saturated rings. The Kier molecular flexibility index (Phi) is 6.47. The van der Waals surface area contributed by atoms with E-state index in [9.17, 15) is 13.2 Å². The maximum atomic E-state index is 13.1. The second kappa shape index (κ2) is 8.51. The van der Waals surface area contributed by atoms with E-state index in [2.05, 4.69) is 25.8 Å². The summed E-state index contributed by atoms with van der Waals surface area (Å²) in [6.07, 6.45) is 3.08. The molecular weight excluding hydrogens is 374 g/mol. The van der Waals surface area contributed by atoms with E-state index in [0.717, 1.165) is 19.3 Å². The summed E-state index contributed by atoms with van der Waals surface area (Å²) in [5.74, 6) is -0.156. The van der Waals surface area contributed by atoms with Gasteiger partial charge in [0.25, 0.3) is 0 Å². The first-order chi connectivity index (χ1) is 13.2. The van der Waals surface area contributed by atoms with Crippen molar-refractivity contribution in [1.29, 1.82) is 0 Å². The van der Waals surface area contributed by atoms with Crippen LogP contribution in [0.1, 0.15) is 39.5 Å².